The van der Waals surface area contributed by atoms with Gasteiger partial charge in [-0.2, -0.15) is 0 Å². The monoisotopic (exact) mass is 498 g/mol. The highest BCUT2D eigenvalue weighted by molar-refractivity contribution is 14.0. The smallest absolute Gasteiger partial charge is 0.211 e. The van der Waals surface area contributed by atoms with E-state index in [9.17, 15) is 12.8 Å². The lowest BCUT2D eigenvalue weighted by molar-refractivity contribution is 0.579. The van der Waals surface area contributed by atoms with Gasteiger partial charge < -0.3 is 10.6 Å². The molecule has 148 valence electrons. The number of hydrogen-bond acceptors (Lipinski definition) is 3. The molecule has 0 bridgehead atoms. The number of nitrogens with zero attached hydrogens (tertiary/aromatic N) is 1. The summed E-state index contributed by atoms with van der Waals surface area (Å²) in [6.45, 7) is 3.31. The van der Waals surface area contributed by atoms with Gasteiger partial charge in [-0.05, 0) is 43.9 Å². The molecule has 2 rings (SSSR count). The van der Waals surface area contributed by atoms with Crippen LogP contribution in [0.2, 0.25) is 0 Å². The molecule has 1 aromatic carbocycles. The SMILES string of the molecule is CCS(=O)(=O)NCCCNC(=NC)NCC1(c2cccc(F)c2)CC1.I. The fraction of sp³-hybridized carbons (Fsp3) is 0.588. The summed E-state index contributed by atoms with van der Waals surface area (Å²) >= 11 is 0. The van der Waals surface area contributed by atoms with Crippen molar-refractivity contribution in [2.24, 2.45) is 4.99 Å². The highest BCUT2D eigenvalue weighted by Crippen LogP contribution is 2.47. The molecule has 1 aliphatic rings. The predicted molar refractivity (Wildman–Crippen MR) is 114 cm³/mol. The van der Waals surface area contributed by atoms with Gasteiger partial charge in [-0.1, -0.05) is 12.1 Å². The molecule has 1 aliphatic carbocycles. The maximum Gasteiger partial charge on any atom is 0.211 e. The van der Waals surface area contributed by atoms with E-state index in [1.54, 1.807) is 26.1 Å². The van der Waals surface area contributed by atoms with Crippen molar-refractivity contribution in [2.75, 3.05) is 32.4 Å². The lowest BCUT2D eigenvalue weighted by Gasteiger charge is -2.19. The highest BCUT2D eigenvalue weighted by atomic mass is 127. The van der Waals surface area contributed by atoms with Crippen molar-refractivity contribution < 1.29 is 12.8 Å². The molecule has 1 saturated carbocycles. The Labute approximate surface area is 172 Å². The van der Waals surface area contributed by atoms with Gasteiger partial charge in [-0.3, -0.25) is 4.99 Å². The first-order valence-electron chi connectivity index (χ1n) is 8.59. The van der Waals surface area contributed by atoms with E-state index in [0.29, 0.717) is 32.0 Å². The van der Waals surface area contributed by atoms with Gasteiger partial charge in [0.15, 0.2) is 5.96 Å². The van der Waals surface area contributed by atoms with E-state index in [1.165, 1.54) is 6.07 Å². The molecule has 0 saturated heterocycles. The molecule has 1 aromatic rings. The van der Waals surface area contributed by atoms with Gasteiger partial charge in [0.05, 0.1) is 5.75 Å². The first-order valence-corrected chi connectivity index (χ1v) is 10.2. The highest BCUT2D eigenvalue weighted by Gasteiger charge is 2.44. The molecule has 0 amide bonds. The Bertz CT molecular complexity index is 708. The van der Waals surface area contributed by atoms with Gasteiger partial charge in [-0.15, -0.1) is 24.0 Å². The Morgan fingerprint density at radius 3 is 2.58 bits per heavy atom. The predicted octanol–water partition coefficient (Wildman–Crippen LogP) is 1.97. The molecule has 0 atom stereocenters. The summed E-state index contributed by atoms with van der Waals surface area (Å²) in [5.41, 5.74) is 1.00. The molecule has 0 unspecified atom stereocenters. The topological polar surface area (TPSA) is 82.6 Å². The lowest BCUT2D eigenvalue weighted by atomic mass is 9.96. The minimum atomic E-state index is -3.14. The van der Waals surface area contributed by atoms with Crippen molar-refractivity contribution in [2.45, 2.75) is 31.6 Å². The largest absolute Gasteiger partial charge is 0.356 e. The molecule has 3 N–H and O–H groups in total. The average Bonchev–Trinajstić information content (AvgIpc) is 3.38. The minimum absolute atomic E-state index is 0. The summed E-state index contributed by atoms with van der Waals surface area (Å²) in [5.74, 6) is 0.549. The van der Waals surface area contributed by atoms with E-state index in [0.717, 1.165) is 18.4 Å². The Morgan fingerprint density at radius 2 is 2.00 bits per heavy atom. The number of guanidine groups is 1. The van der Waals surface area contributed by atoms with Crippen LogP contribution in [-0.2, 0) is 15.4 Å². The van der Waals surface area contributed by atoms with E-state index in [2.05, 4.69) is 20.3 Å². The first kappa shape index (κ1) is 23.1. The normalized spacial score (nSPS) is 15.9. The third-order valence-corrected chi connectivity index (χ3v) is 5.86. The van der Waals surface area contributed by atoms with Crippen LogP contribution in [-0.4, -0.2) is 46.8 Å². The molecule has 6 nitrogen and oxygen atoms in total. The molecular weight excluding hydrogens is 470 g/mol. The molecule has 0 aliphatic heterocycles. The fourth-order valence-electron chi connectivity index (χ4n) is 2.64. The summed E-state index contributed by atoms with van der Waals surface area (Å²) in [5, 5.41) is 6.45. The molecule has 0 aromatic heterocycles. The maximum atomic E-state index is 13.4. The average molecular weight is 498 g/mol. The number of sulfonamides is 1. The number of hydrogen-bond donors (Lipinski definition) is 3. The van der Waals surface area contributed by atoms with Crippen LogP contribution in [0.4, 0.5) is 4.39 Å². The Morgan fingerprint density at radius 1 is 1.27 bits per heavy atom. The lowest BCUT2D eigenvalue weighted by Crippen LogP contribution is -2.42. The van der Waals surface area contributed by atoms with Gasteiger partial charge >= 0.3 is 0 Å². The molecule has 1 fully saturated rings. The van der Waals surface area contributed by atoms with Gasteiger partial charge in [0.25, 0.3) is 0 Å². The molecule has 26 heavy (non-hydrogen) atoms. The Kier molecular flexibility index (Phi) is 9.25. The van der Waals surface area contributed by atoms with Crippen LogP contribution >= 0.6 is 24.0 Å². The van der Waals surface area contributed by atoms with Crippen LogP contribution in [0.15, 0.2) is 29.3 Å². The van der Waals surface area contributed by atoms with Crippen LogP contribution in [0.1, 0.15) is 31.7 Å². The third-order valence-electron chi connectivity index (χ3n) is 4.46. The zero-order valence-corrected chi connectivity index (χ0v) is 18.4. The van der Waals surface area contributed by atoms with Gasteiger partial charge in [0.2, 0.25) is 10.0 Å². The van der Waals surface area contributed by atoms with Crippen molar-refractivity contribution in [1.82, 2.24) is 15.4 Å². The summed E-state index contributed by atoms with van der Waals surface area (Å²) in [6, 6.07) is 6.77. The number of halogens is 2. The maximum absolute atomic E-state index is 13.4. The summed E-state index contributed by atoms with van der Waals surface area (Å²) in [7, 11) is -1.44. The van der Waals surface area contributed by atoms with Crippen molar-refractivity contribution in [3.05, 3.63) is 35.6 Å². The van der Waals surface area contributed by atoms with E-state index >= 15 is 0 Å². The second-order valence-corrected chi connectivity index (χ2v) is 8.39. The number of nitrogens with one attached hydrogen (secondary N) is 3. The fourth-order valence-corrected chi connectivity index (χ4v) is 3.29. The molecule has 0 spiro atoms. The molecular formula is C17H28FIN4O2S. The number of aliphatic imine (C=N–C) groups is 1. The molecule has 0 radical (unpaired) electrons. The van der Waals surface area contributed by atoms with Gasteiger partial charge in [0, 0.05) is 32.1 Å². The van der Waals surface area contributed by atoms with Crippen LogP contribution < -0.4 is 15.4 Å². The van der Waals surface area contributed by atoms with E-state index in [4.69, 9.17) is 0 Å². The molecule has 9 heteroatoms. The molecule has 0 heterocycles. The Hall–Kier alpha value is -0.940. The summed E-state index contributed by atoms with van der Waals surface area (Å²) in [6.07, 6.45) is 2.72. The van der Waals surface area contributed by atoms with E-state index in [-0.39, 0.29) is 41.0 Å². The number of benzene rings is 1. The van der Waals surface area contributed by atoms with Gasteiger partial charge in [-0.25, -0.2) is 17.5 Å². The standard InChI is InChI=1S/C17H27FN4O2S.HI/c1-3-25(23,24)22-11-5-10-20-16(19-2)21-13-17(8-9-17)14-6-4-7-15(18)12-14;/h4,6-7,12,22H,3,5,8-11,13H2,1-2H3,(H2,19,20,21);1H. The van der Waals surface area contributed by atoms with Crippen LogP contribution in [0, 0.1) is 5.82 Å². The second-order valence-electron chi connectivity index (χ2n) is 6.29. The summed E-state index contributed by atoms with van der Waals surface area (Å²) in [4.78, 5) is 4.17. The van der Waals surface area contributed by atoms with Crippen molar-refractivity contribution in [1.29, 1.82) is 0 Å². The zero-order chi connectivity index (χ0) is 18.3. The van der Waals surface area contributed by atoms with Crippen molar-refractivity contribution in [3.63, 3.8) is 0 Å². The first-order chi connectivity index (χ1) is 11.9. The third kappa shape index (κ3) is 6.99. The number of rotatable bonds is 9. The van der Waals surface area contributed by atoms with Crippen LogP contribution in [0.25, 0.3) is 0 Å². The van der Waals surface area contributed by atoms with Gasteiger partial charge in [0.1, 0.15) is 5.82 Å². The quantitative estimate of drug-likeness (QED) is 0.211. The van der Waals surface area contributed by atoms with Crippen LogP contribution in [0.5, 0.6) is 0 Å². The van der Waals surface area contributed by atoms with E-state index < -0.39 is 10.0 Å². The Balaban J connectivity index is 0.00000338. The summed E-state index contributed by atoms with van der Waals surface area (Å²) < 4.78 is 38.6. The minimum Gasteiger partial charge on any atom is -0.356 e. The zero-order valence-electron chi connectivity index (χ0n) is 15.2. The second kappa shape index (κ2) is 10.4. The van der Waals surface area contributed by atoms with Crippen molar-refractivity contribution in [3.8, 4) is 0 Å². The van der Waals surface area contributed by atoms with Crippen LogP contribution in [0.3, 0.4) is 0 Å². The van der Waals surface area contributed by atoms with E-state index in [1.807, 2.05) is 6.07 Å². The van der Waals surface area contributed by atoms with Crippen molar-refractivity contribution >= 4 is 40.0 Å².